The van der Waals surface area contributed by atoms with Crippen LogP contribution in [0, 0.1) is 5.41 Å². The van der Waals surface area contributed by atoms with E-state index < -0.39 is 30.1 Å². The summed E-state index contributed by atoms with van der Waals surface area (Å²) in [5.74, 6) is -2.38. The molecule has 3 aromatic carbocycles. The van der Waals surface area contributed by atoms with E-state index >= 15 is 0 Å². The Hall–Kier alpha value is -6.04. The van der Waals surface area contributed by atoms with Crippen LogP contribution in [0.1, 0.15) is 40.9 Å². The molecule has 0 atom stereocenters. The molecule has 0 spiro atoms. The first kappa shape index (κ1) is 32.5. The fourth-order valence-corrected chi connectivity index (χ4v) is 3.41. The minimum atomic E-state index is -1.41. The Bertz CT molecular complexity index is 1580. The zero-order valence-corrected chi connectivity index (χ0v) is 23.9. The van der Waals surface area contributed by atoms with Gasteiger partial charge in [-0.15, -0.1) is 0 Å². The van der Waals surface area contributed by atoms with Crippen LogP contribution >= 0.6 is 0 Å². The fraction of sp³-hybridized carbons (Fsp3) is 0.125. The first-order valence-corrected chi connectivity index (χ1v) is 13.1. The maximum atomic E-state index is 12.7. The Labute approximate surface area is 252 Å². The maximum absolute atomic E-state index is 12.7. The van der Waals surface area contributed by atoms with Crippen LogP contribution in [0.2, 0.25) is 0 Å². The fourth-order valence-electron chi connectivity index (χ4n) is 3.41. The van der Waals surface area contributed by atoms with E-state index in [0.717, 1.165) is 12.3 Å². The van der Waals surface area contributed by atoms with E-state index in [0.29, 0.717) is 21.6 Å². The number of hydrogen-bond acceptors (Lipinski definition) is 10. The summed E-state index contributed by atoms with van der Waals surface area (Å²) in [6.07, 6.45) is 0.407. The lowest BCUT2D eigenvalue weighted by molar-refractivity contribution is -0.137. The van der Waals surface area contributed by atoms with E-state index in [1.165, 1.54) is 37.3 Å². The van der Waals surface area contributed by atoms with Crippen molar-refractivity contribution < 1.29 is 42.9 Å². The zero-order valence-electron chi connectivity index (χ0n) is 23.9. The number of imide groups is 1. The van der Waals surface area contributed by atoms with Gasteiger partial charge in [0.2, 0.25) is 0 Å². The van der Waals surface area contributed by atoms with Crippen molar-refractivity contribution in [2.45, 2.75) is 20.5 Å². The van der Waals surface area contributed by atoms with Gasteiger partial charge in [0.1, 0.15) is 18.2 Å². The number of hydrogen-bond donors (Lipinski definition) is 2. The summed E-state index contributed by atoms with van der Waals surface area (Å²) in [7, 11) is 0. The highest BCUT2D eigenvalue weighted by Crippen LogP contribution is 2.16. The minimum Gasteiger partial charge on any atom is -0.463 e. The van der Waals surface area contributed by atoms with Gasteiger partial charge in [-0.05, 0) is 67.4 Å². The molecule has 0 aromatic heterocycles. The molecule has 0 heterocycles. The van der Waals surface area contributed by atoms with E-state index in [2.05, 4.69) is 0 Å². The number of nitrogen functional groups attached to an aromatic ring is 1. The highest BCUT2D eigenvalue weighted by atomic mass is 16.6. The molecule has 0 saturated carbocycles. The van der Waals surface area contributed by atoms with Gasteiger partial charge in [0.15, 0.2) is 0 Å². The smallest absolute Gasteiger partial charge is 0.431 e. The van der Waals surface area contributed by atoms with Gasteiger partial charge in [0.05, 0.1) is 12.2 Å². The number of rotatable bonds is 10. The number of nitrogens with two attached hydrogens (primary N) is 1. The molecule has 0 radical (unpaired) electrons. The molecule has 0 aliphatic heterocycles. The number of amides is 2. The molecule has 2 amide bonds. The first-order chi connectivity index (χ1) is 21.1. The Morgan fingerprint density at radius 1 is 0.841 bits per heavy atom. The average Bonchev–Trinajstić information content (AvgIpc) is 3.01. The lowest BCUT2D eigenvalue weighted by atomic mass is 10.1. The predicted octanol–water partition coefficient (Wildman–Crippen LogP) is 4.97. The largest absolute Gasteiger partial charge is 0.463 e. The van der Waals surface area contributed by atoms with Crippen LogP contribution in [0.25, 0.3) is 6.08 Å². The van der Waals surface area contributed by atoms with Crippen molar-refractivity contribution >= 4 is 42.0 Å². The van der Waals surface area contributed by atoms with Crippen LogP contribution in [0.5, 0.6) is 5.75 Å². The molecule has 12 heteroatoms. The van der Waals surface area contributed by atoms with Crippen LogP contribution in [-0.4, -0.2) is 47.4 Å². The van der Waals surface area contributed by atoms with Gasteiger partial charge in [-0.3, -0.25) is 5.41 Å². The van der Waals surface area contributed by atoms with E-state index in [1.807, 2.05) is 0 Å². The van der Waals surface area contributed by atoms with Gasteiger partial charge in [-0.2, -0.15) is 4.90 Å². The highest BCUT2D eigenvalue weighted by Gasteiger charge is 2.26. The van der Waals surface area contributed by atoms with Crippen LogP contribution in [0.4, 0.5) is 9.59 Å². The summed E-state index contributed by atoms with van der Waals surface area (Å²) < 4.78 is 20.0. The van der Waals surface area contributed by atoms with Gasteiger partial charge in [-0.1, -0.05) is 42.5 Å². The number of carbonyl (C=O) groups is 5. The molecule has 44 heavy (non-hydrogen) atoms. The topological polar surface area (TPSA) is 175 Å². The Kier molecular flexibility index (Phi) is 11.7. The number of amidine groups is 1. The summed E-state index contributed by atoms with van der Waals surface area (Å²) in [5.41, 5.74) is 7.26. The number of esters is 3. The van der Waals surface area contributed by atoms with E-state index in [9.17, 15) is 24.0 Å². The van der Waals surface area contributed by atoms with Crippen molar-refractivity contribution in [1.82, 2.24) is 4.90 Å². The molecule has 3 N–H and O–H groups in total. The summed E-state index contributed by atoms with van der Waals surface area (Å²) in [5, 5.41) is 7.41. The lowest BCUT2D eigenvalue weighted by Crippen LogP contribution is -2.35. The number of carbonyl (C=O) groups excluding carboxylic acids is 5. The third-order valence-corrected chi connectivity index (χ3v) is 5.65. The second-order valence-corrected chi connectivity index (χ2v) is 8.91. The standard InChI is InChI=1S/C32H29N3O9/c1-3-41-27(36)17-18-35(31(39)42-20-23-7-5-4-6-8-23)32(40)44-29(37)21(2)19-22-9-11-25(12-10-22)30(38)43-26-15-13-24(14-16-26)28(33)34/h4-19H,3,20H2,1-2H3,(H3,33,34). The molecule has 3 aromatic rings. The normalized spacial score (nSPS) is 10.9. The maximum Gasteiger partial charge on any atom is 0.431 e. The van der Waals surface area contributed by atoms with Crippen LogP contribution in [0.15, 0.2) is 96.7 Å². The van der Waals surface area contributed by atoms with E-state index in [4.69, 9.17) is 30.1 Å². The lowest BCUT2D eigenvalue weighted by Gasteiger charge is -2.15. The predicted molar refractivity (Wildman–Crippen MR) is 158 cm³/mol. The Morgan fingerprint density at radius 2 is 1.48 bits per heavy atom. The molecule has 3 rings (SSSR count). The first-order valence-electron chi connectivity index (χ1n) is 13.1. The summed E-state index contributed by atoms with van der Waals surface area (Å²) in [4.78, 5) is 62.6. The van der Waals surface area contributed by atoms with Gasteiger partial charge in [-0.25, -0.2) is 24.0 Å². The van der Waals surface area contributed by atoms with Gasteiger partial charge < -0.3 is 24.7 Å². The Balaban J connectivity index is 1.65. The molecule has 12 nitrogen and oxygen atoms in total. The monoisotopic (exact) mass is 599 g/mol. The molecule has 0 bridgehead atoms. The van der Waals surface area contributed by atoms with Crippen molar-refractivity contribution in [3.05, 3.63) is 119 Å². The van der Waals surface area contributed by atoms with Crippen LogP contribution < -0.4 is 10.5 Å². The van der Waals surface area contributed by atoms with Crippen molar-refractivity contribution in [3.63, 3.8) is 0 Å². The average molecular weight is 600 g/mol. The summed E-state index contributed by atoms with van der Waals surface area (Å²) in [6, 6.07) is 20.8. The number of nitrogens with zero attached hydrogens (tertiary/aromatic N) is 1. The number of ether oxygens (including phenoxy) is 4. The molecule has 0 fully saturated rings. The third kappa shape index (κ3) is 9.80. The van der Waals surface area contributed by atoms with Gasteiger partial charge in [0.25, 0.3) is 0 Å². The molecule has 0 saturated heterocycles. The molecular formula is C32H29N3O9. The molecule has 226 valence electrons. The molecule has 0 aliphatic rings. The van der Waals surface area contributed by atoms with Gasteiger partial charge in [0, 0.05) is 23.4 Å². The third-order valence-electron chi connectivity index (χ3n) is 5.65. The van der Waals surface area contributed by atoms with Crippen LogP contribution in [0.3, 0.4) is 0 Å². The SMILES string of the molecule is CCOC(=O)C=CN(C(=O)OCc1ccccc1)C(=O)OC(=O)C(C)=Cc1ccc(C(=O)Oc2ccc(C(=N)N)cc2)cc1. The Morgan fingerprint density at radius 3 is 2.09 bits per heavy atom. The van der Waals surface area contributed by atoms with Crippen molar-refractivity contribution in [3.8, 4) is 5.75 Å². The second kappa shape index (κ2) is 15.8. The van der Waals surface area contributed by atoms with Gasteiger partial charge >= 0.3 is 30.1 Å². The summed E-state index contributed by atoms with van der Waals surface area (Å²) >= 11 is 0. The number of benzene rings is 3. The molecular weight excluding hydrogens is 570 g/mol. The quantitative estimate of drug-likeness (QED) is 0.0615. The second-order valence-electron chi connectivity index (χ2n) is 8.91. The van der Waals surface area contributed by atoms with E-state index in [1.54, 1.807) is 61.5 Å². The van der Waals surface area contributed by atoms with Crippen molar-refractivity contribution in [2.24, 2.45) is 5.73 Å². The van der Waals surface area contributed by atoms with Crippen molar-refractivity contribution in [1.29, 1.82) is 5.41 Å². The van der Waals surface area contributed by atoms with E-state index in [-0.39, 0.29) is 35.9 Å². The van der Waals surface area contributed by atoms with Crippen molar-refractivity contribution in [2.75, 3.05) is 6.61 Å². The highest BCUT2D eigenvalue weighted by molar-refractivity contribution is 6.02. The summed E-state index contributed by atoms with van der Waals surface area (Å²) in [6.45, 7) is 2.84. The minimum absolute atomic E-state index is 0.00814. The molecule has 0 aliphatic carbocycles. The molecule has 0 unspecified atom stereocenters. The number of nitrogens with one attached hydrogen (secondary N) is 1. The van der Waals surface area contributed by atoms with Crippen LogP contribution in [-0.2, 0) is 30.4 Å². The zero-order chi connectivity index (χ0) is 32.1.